The van der Waals surface area contributed by atoms with Gasteiger partial charge in [0.2, 0.25) is 11.8 Å². The maximum atomic E-state index is 13.0. The van der Waals surface area contributed by atoms with E-state index >= 15 is 0 Å². The molecule has 5 nitrogen and oxygen atoms in total. The number of primary amides is 1. The van der Waals surface area contributed by atoms with Crippen molar-refractivity contribution in [1.82, 2.24) is 10.2 Å². The normalized spacial score (nSPS) is 23.8. The maximum Gasteiger partial charge on any atom is 0.248 e. The number of benzene rings is 2. The van der Waals surface area contributed by atoms with E-state index in [1.807, 2.05) is 38.4 Å². The van der Waals surface area contributed by atoms with Gasteiger partial charge in [-0.05, 0) is 49.7 Å². The number of nitrogens with one attached hydrogen (secondary N) is 1. The summed E-state index contributed by atoms with van der Waals surface area (Å²) in [5.41, 5.74) is 7.72. The van der Waals surface area contributed by atoms with Crippen molar-refractivity contribution in [2.75, 3.05) is 20.6 Å². The molecule has 0 saturated heterocycles. The molecule has 3 N–H and O–H groups in total. The monoisotopic (exact) mass is 427 g/mol. The Morgan fingerprint density at radius 2 is 1.87 bits per heavy atom. The molecule has 2 aromatic rings. The lowest BCUT2D eigenvalue weighted by Gasteiger charge is -2.25. The van der Waals surface area contributed by atoms with Crippen LogP contribution in [0.25, 0.3) is 0 Å². The number of likely N-dealkylation sites (N-methyl/N-ethyl adjacent to an activating group) is 1. The van der Waals surface area contributed by atoms with Crippen LogP contribution in [0.4, 0.5) is 0 Å². The van der Waals surface area contributed by atoms with Crippen LogP contribution in [0.2, 0.25) is 5.02 Å². The fourth-order valence-electron chi connectivity index (χ4n) is 4.35. The number of carbonyl (C=O) groups excluding carboxylic acids is 2. The van der Waals surface area contributed by atoms with Crippen LogP contribution in [0, 0.1) is 11.8 Å². The van der Waals surface area contributed by atoms with E-state index in [0.29, 0.717) is 29.5 Å². The van der Waals surface area contributed by atoms with Crippen LogP contribution in [0.3, 0.4) is 0 Å². The van der Waals surface area contributed by atoms with Crippen LogP contribution >= 0.6 is 11.6 Å². The standard InChI is InChI=1S/C24H30ClN3O2/c1-15-21(24(15,2)18-8-6-5-7-9-18)23(30)27-14-19(28(3)4)12-16-10-11-17(22(26)29)13-20(16)25/h5-11,13,15,19,21H,12,14H2,1-4H3,(H2,26,29)(H,27,30)/t15-,19-,21-,24-/m0/s1. The van der Waals surface area contributed by atoms with Crippen molar-refractivity contribution < 1.29 is 9.59 Å². The molecule has 0 bridgehead atoms. The summed E-state index contributed by atoms with van der Waals surface area (Å²) >= 11 is 6.36. The Morgan fingerprint density at radius 1 is 1.20 bits per heavy atom. The van der Waals surface area contributed by atoms with E-state index in [0.717, 1.165) is 5.56 Å². The molecule has 2 aromatic carbocycles. The first-order valence-corrected chi connectivity index (χ1v) is 10.6. The molecule has 0 aliphatic heterocycles. The van der Waals surface area contributed by atoms with Gasteiger partial charge in [0.05, 0.1) is 5.92 Å². The predicted molar refractivity (Wildman–Crippen MR) is 121 cm³/mol. The average Bonchev–Trinajstić information content (AvgIpc) is 3.28. The van der Waals surface area contributed by atoms with Gasteiger partial charge in [0.25, 0.3) is 0 Å². The molecule has 1 saturated carbocycles. The molecular weight excluding hydrogens is 398 g/mol. The molecule has 0 radical (unpaired) electrons. The van der Waals surface area contributed by atoms with Gasteiger partial charge < -0.3 is 16.0 Å². The molecule has 0 heterocycles. The van der Waals surface area contributed by atoms with Crippen LogP contribution in [-0.4, -0.2) is 43.4 Å². The molecule has 0 spiro atoms. The topological polar surface area (TPSA) is 75.4 Å². The van der Waals surface area contributed by atoms with Gasteiger partial charge in [0.15, 0.2) is 0 Å². The second-order valence-electron chi connectivity index (χ2n) is 8.65. The Kier molecular flexibility index (Phi) is 6.53. The molecule has 0 unspecified atom stereocenters. The summed E-state index contributed by atoms with van der Waals surface area (Å²) < 4.78 is 0. The minimum absolute atomic E-state index is 0.0267. The third-order valence-electron chi connectivity index (χ3n) is 6.70. The third kappa shape index (κ3) is 4.37. The van der Waals surface area contributed by atoms with Crippen molar-refractivity contribution in [1.29, 1.82) is 0 Å². The Hall–Kier alpha value is -2.37. The number of nitrogens with zero attached hydrogens (tertiary/aromatic N) is 1. The van der Waals surface area contributed by atoms with Crippen LogP contribution in [0.15, 0.2) is 48.5 Å². The number of amides is 2. The molecule has 30 heavy (non-hydrogen) atoms. The summed E-state index contributed by atoms with van der Waals surface area (Å²) in [6.07, 6.45) is 0.654. The molecule has 6 heteroatoms. The van der Waals surface area contributed by atoms with Gasteiger partial charge in [0, 0.05) is 28.6 Å². The largest absolute Gasteiger partial charge is 0.366 e. The second-order valence-corrected chi connectivity index (χ2v) is 9.06. The fraction of sp³-hybridized carbons (Fsp3) is 0.417. The van der Waals surface area contributed by atoms with Crippen molar-refractivity contribution in [3.05, 3.63) is 70.2 Å². The second kappa shape index (κ2) is 8.78. The van der Waals surface area contributed by atoms with Crippen molar-refractivity contribution in [3.63, 3.8) is 0 Å². The summed E-state index contributed by atoms with van der Waals surface area (Å²) in [5.74, 6) is -0.134. The molecule has 4 atom stereocenters. The molecule has 1 aliphatic carbocycles. The number of hydrogen-bond acceptors (Lipinski definition) is 3. The van der Waals surface area contributed by atoms with Crippen LogP contribution < -0.4 is 11.1 Å². The summed E-state index contributed by atoms with van der Waals surface area (Å²) in [5, 5.41) is 3.66. The predicted octanol–water partition coefficient (Wildman–Crippen LogP) is 3.25. The van der Waals surface area contributed by atoms with Crippen molar-refractivity contribution >= 4 is 23.4 Å². The van der Waals surface area contributed by atoms with Crippen molar-refractivity contribution in [3.8, 4) is 0 Å². The number of halogens is 1. The highest BCUT2D eigenvalue weighted by Gasteiger charge is 2.62. The van der Waals surface area contributed by atoms with E-state index in [4.69, 9.17) is 17.3 Å². The van der Waals surface area contributed by atoms with Crippen LogP contribution in [0.1, 0.15) is 35.3 Å². The smallest absolute Gasteiger partial charge is 0.248 e. The maximum absolute atomic E-state index is 13.0. The van der Waals surface area contributed by atoms with E-state index in [-0.39, 0.29) is 23.3 Å². The molecule has 2 amide bonds. The van der Waals surface area contributed by atoms with Gasteiger partial charge >= 0.3 is 0 Å². The third-order valence-corrected chi connectivity index (χ3v) is 7.05. The Morgan fingerprint density at radius 3 is 2.43 bits per heavy atom. The van der Waals surface area contributed by atoms with Gasteiger partial charge in [-0.25, -0.2) is 0 Å². The SMILES string of the molecule is C[C@H]1[C@@H](C(=O)NC[C@H](Cc2ccc(C(N)=O)cc2Cl)N(C)C)[C@]1(C)c1ccccc1. The number of hydrogen-bond donors (Lipinski definition) is 2. The van der Waals surface area contributed by atoms with E-state index in [1.54, 1.807) is 12.1 Å². The quantitative estimate of drug-likeness (QED) is 0.679. The zero-order valence-corrected chi connectivity index (χ0v) is 18.7. The molecule has 160 valence electrons. The summed E-state index contributed by atoms with van der Waals surface area (Å²) in [6.45, 7) is 4.83. The first-order chi connectivity index (χ1) is 14.2. The Balaban J connectivity index is 1.64. The van der Waals surface area contributed by atoms with E-state index in [2.05, 4.69) is 36.2 Å². The first kappa shape index (κ1) is 22.3. The fourth-order valence-corrected chi connectivity index (χ4v) is 4.61. The average molecular weight is 428 g/mol. The lowest BCUT2D eigenvalue weighted by molar-refractivity contribution is -0.123. The van der Waals surface area contributed by atoms with Gasteiger partial charge in [0.1, 0.15) is 0 Å². The summed E-state index contributed by atoms with van der Waals surface area (Å²) in [7, 11) is 3.96. The Labute approximate surface area is 183 Å². The zero-order valence-electron chi connectivity index (χ0n) is 18.0. The minimum Gasteiger partial charge on any atom is -0.366 e. The lowest BCUT2D eigenvalue weighted by Crippen LogP contribution is -2.42. The van der Waals surface area contributed by atoms with E-state index < -0.39 is 5.91 Å². The van der Waals surface area contributed by atoms with Crippen LogP contribution in [0.5, 0.6) is 0 Å². The summed E-state index contributed by atoms with van der Waals surface area (Å²) in [6, 6.07) is 15.4. The number of rotatable bonds is 8. The van der Waals surface area contributed by atoms with Crippen LogP contribution in [-0.2, 0) is 16.6 Å². The summed E-state index contributed by atoms with van der Waals surface area (Å²) in [4.78, 5) is 26.4. The highest BCUT2D eigenvalue weighted by atomic mass is 35.5. The molecule has 1 aliphatic rings. The van der Waals surface area contributed by atoms with Gasteiger partial charge in [-0.15, -0.1) is 0 Å². The molecular formula is C24H30ClN3O2. The van der Waals surface area contributed by atoms with E-state index in [9.17, 15) is 9.59 Å². The highest BCUT2D eigenvalue weighted by Crippen LogP contribution is 2.59. The van der Waals surface area contributed by atoms with Crippen molar-refractivity contribution in [2.24, 2.45) is 17.6 Å². The van der Waals surface area contributed by atoms with E-state index in [1.165, 1.54) is 5.56 Å². The van der Waals surface area contributed by atoms with Gasteiger partial charge in [-0.3, -0.25) is 9.59 Å². The molecule has 1 fully saturated rings. The van der Waals surface area contributed by atoms with Gasteiger partial charge in [-0.1, -0.05) is 61.8 Å². The van der Waals surface area contributed by atoms with Crippen molar-refractivity contribution in [2.45, 2.75) is 31.7 Å². The van der Waals surface area contributed by atoms with Gasteiger partial charge in [-0.2, -0.15) is 0 Å². The minimum atomic E-state index is -0.500. The number of carbonyl (C=O) groups is 2. The highest BCUT2D eigenvalue weighted by molar-refractivity contribution is 6.31. The molecule has 0 aromatic heterocycles. The first-order valence-electron chi connectivity index (χ1n) is 10.2. The lowest BCUT2D eigenvalue weighted by atomic mass is 9.94. The number of nitrogens with two attached hydrogens (primary N) is 1. The Bertz CT molecular complexity index is 931. The molecule has 3 rings (SSSR count). The zero-order chi connectivity index (χ0) is 22.1.